The SMILES string of the molecule is Cc1occc1C(=O)N(C)C1CCCCC1N. The van der Waals surface area contributed by atoms with E-state index < -0.39 is 0 Å². The number of hydrogen-bond acceptors (Lipinski definition) is 3. The van der Waals surface area contributed by atoms with E-state index in [0.29, 0.717) is 11.3 Å². The maximum atomic E-state index is 12.3. The van der Waals surface area contributed by atoms with Gasteiger partial charge in [0.25, 0.3) is 5.91 Å². The fourth-order valence-electron chi connectivity index (χ4n) is 2.57. The smallest absolute Gasteiger partial charge is 0.257 e. The van der Waals surface area contributed by atoms with Gasteiger partial charge in [0.05, 0.1) is 11.8 Å². The van der Waals surface area contributed by atoms with Gasteiger partial charge in [-0.3, -0.25) is 4.79 Å². The van der Waals surface area contributed by atoms with Gasteiger partial charge in [0.15, 0.2) is 0 Å². The van der Waals surface area contributed by atoms with E-state index in [1.54, 1.807) is 17.2 Å². The van der Waals surface area contributed by atoms with Crippen LogP contribution in [0.3, 0.4) is 0 Å². The first-order valence-electron chi connectivity index (χ1n) is 6.18. The Bertz CT molecular complexity index is 400. The molecule has 1 fully saturated rings. The molecule has 0 saturated heterocycles. The predicted octanol–water partition coefficient (Wildman–Crippen LogP) is 1.93. The van der Waals surface area contributed by atoms with Crippen molar-refractivity contribution in [3.05, 3.63) is 23.7 Å². The first-order valence-corrected chi connectivity index (χ1v) is 6.18. The van der Waals surface area contributed by atoms with Crippen molar-refractivity contribution in [2.24, 2.45) is 5.73 Å². The van der Waals surface area contributed by atoms with E-state index in [-0.39, 0.29) is 18.0 Å². The number of aryl methyl sites for hydroxylation is 1. The second-order valence-corrected chi connectivity index (χ2v) is 4.82. The van der Waals surface area contributed by atoms with Crippen molar-refractivity contribution in [1.29, 1.82) is 0 Å². The molecule has 1 aliphatic rings. The Kier molecular flexibility index (Phi) is 3.52. The van der Waals surface area contributed by atoms with Gasteiger partial charge in [-0.1, -0.05) is 12.8 Å². The zero-order chi connectivity index (χ0) is 12.4. The number of nitrogens with two attached hydrogens (primary N) is 1. The Labute approximate surface area is 102 Å². The average molecular weight is 236 g/mol. The first-order chi connectivity index (χ1) is 8.11. The van der Waals surface area contributed by atoms with E-state index >= 15 is 0 Å². The minimum Gasteiger partial charge on any atom is -0.469 e. The highest BCUT2D eigenvalue weighted by Gasteiger charge is 2.29. The number of carbonyl (C=O) groups is 1. The normalized spacial score (nSPS) is 24.6. The summed E-state index contributed by atoms with van der Waals surface area (Å²) in [7, 11) is 1.84. The second-order valence-electron chi connectivity index (χ2n) is 4.82. The van der Waals surface area contributed by atoms with Crippen LogP contribution < -0.4 is 5.73 Å². The first kappa shape index (κ1) is 12.2. The van der Waals surface area contributed by atoms with Gasteiger partial charge in [-0.15, -0.1) is 0 Å². The van der Waals surface area contributed by atoms with E-state index in [2.05, 4.69) is 0 Å². The zero-order valence-corrected chi connectivity index (χ0v) is 10.5. The molecule has 1 aromatic rings. The molecule has 1 aromatic heterocycles. The molecule has 4 nitrogen and oxygen atoms in total. The third-order valence-electron chi connectivity index (χ3n) is 3.69. The van der Waals surface area contributed by atoms with E-state index in [0.717, 1.165) is 19.3 Å². The molecule has 1 amide bonds. The summed E-state index contributed by atoms with van der Waals surface area (Å²) in [5.74, 6) is 0.685. The van der Waals surface area contributed by atoms with Gasteiger partial charge in [-0.25, -0.2) is 0 Å². The quantitative estimate of drug-likeness (QED) is 0.853. The number of nitrogens with zero attached hydrogens (tertiary/aromatic N) is 1. The van der Waals surface area contributed by atoms with Crippen molar-refractivity contribution in [3.8, 4) is 0 Å². The molecule has 0 aromatic carbocycles. The van der Waals surface area contributed by atoms with Crippen LogP contribution in [-0.4, -0.2) is 29.9 Å². The molecule has 0 spiro atoms. The lowest BCUT2D eigenvalue weighted by atomic mass is 9.90. The highest BCUT2D eigenvalue weighted by molar-refractivity contribution is 5.95. The van der Waals surface area contributed by atoms with Crippen molar-refractivity contribution >= 4 is 5.91 Å². The van der Waals surface area contributed by atoms with Gasteiger partial charge in [-0.05, 0) is 25.8 Å². The van der Waals surface area contributed by atoms with Gasteiger partial charge in [0.2, 0.25) is 0 Å². The molecule has 1 heterocycles. The second kappa shape index (κ2) is 4.92. The monoisotopic (exact) mass is 236 g/mol. The Morgan fingerprint density at radius 2 is 2.18 bits per heavy atom. The predicted molar refractivity (Wildman–Crippen MR) is 65.8 cm³/mol. The van der Waals surface area contributed by atoms with Crippen molar-refractivity contribution in [1.82, 2.24) is 4.90 Å². The van der Waals surface area contributed by atoms with Crippen molar-refractivity contribution in [2.75, 3.05) is 7.05 Å². The Morgan fingerprint density at radius 1 is 1.47 bits per heavy atom. The third-order valence-corrected chi connectivity index (χ3v) is 3.69. The van der Waals surface area contributed by atoms with Crippen LogP contribution in [0.25, 0.3) is 0 Å². The summed E-state index contributed by atoms with van der Waals surface area (Å²) >= 11 is 0. The van der Waals surface area contributed by atoms with Crippen LogP contribution in [0.1, 0.15) is 41.8 Å². The fourth-order valence-corrected chi connectivity index (χ4v) is 2.57. The molecule has 2 atom stereocenters. The van der Waals surface area contributed by atoms with Crippen molar-refractivity contribution in [2.45, 2.75) is 44.7 Å². The van der Waals surface area contributed by atoms with Gasteiger partial charge >= 0.3 is 0 Å². The minimum absolute atomic E-state index is 0.0126. The summed E-state index contributed by atoms with van der Waals surface area (Å²) in [6.07, 6.45) is 5.88. The molecule has 0 radical (unpaired) electrons. The average Bonchev–Trinajstić information content (AvgIpc) is 2.74. The molecule has 0 aliphatic heterocycles. The van der Waals surface area contributed by atoms with E-state index in [1.165, 1.54) is 6.42 Å². The number of carbonyl (C=O) groups excluding carboxylic acids is 1. The Hall–Kier alpha value is -1.29. The molecular weight excluding hydrogens is 216 g/mol. The summed E-state index contributed by atoms with van der Waals surface area (Å²) in [6, 6.07) is 1.98. The fraction of sp³-hybridized carbons (Fsp3) is 0.615. The topological polar surface area (TPSA) is 59.5 Å². The van der Waals surface area contributed by atoms with Crippen molar-refractivity contribution in [3.63, 3.8) is 0 Å². The molecule has 1 saturated carbocycles. The lowest BCUT2D eigenvalue weighted by molar-refractivity contribution is 0.0670. The standard InChI is InChI=1S/C13H20N2O2/c1-9-10(7-8-17-9)13(16)15(2)12-6-4-3-5-11(12)14/h7-8,11-12H,3-6,14H2,1-2H3. The number of amides is 1. The van der Waals surface area contributed by atoms with Crippen LogP contribution in [0, 0.1) is 6.92 Å². The molecule has 94 valence electrons. The number of furan rings is 1. The van der Waals surface area contributed by atoms with Gasteiger partial charge in [0.1, 0.15) is 5.76 Å². The molecule has 4 heteroatoms. The van der Waals surface area contributed by atoms with Crippen LogP contribution in [-0.2, 0) is 0 Å². The summed E-state index contributed by atoms with van der Waals surface area (Å²) < 4.78 is 5.17. The van der Waals surface area contributed by atoms with E-state index in [1.807, 2.05) is 14.0 Å². The van der Waals surface area contributed by atoms with Gasteiger partial charge in [0, 0.05) is 19.1 Å². The van der Waals surface area contributed by atoms with Crippen LogP contribution in [0.5, 0.6) is 0 Å². The maximum absolute atomic E-state index is 12.3. The van der Waals surface area contributed by atoms with Crippen LogP contribution in [0.2, 0.25) is 0 Å². The molecule has 17 heavy (non-hydrogen) atoms. The number of hydrogen-bond donors (Lipinski definition) is 1. The van der Waals surface area contributed by atoms with Crippen LogP contribution in [0.15, 0.2) is 16.7 Å². The van der Waals surface area contributed by atoms with Gasteiger partial charge < -0.3 is 15.1 Å². The summed E-state index contributed by atoms with van der Waals surface area (Å²) in [5.41, 5.74) is 6.74. The molecular formula is C13H20N2O2. The van der Waals surface area contributed by atoms with Crippen LogP contribution >= 0.6 is 0 Å². The molecule has 2 unspecified atom stereocenters. The third kappa shape index (κ3) is 2.36. The largest absolute Gasteiger partial charge is 0.469 e. The lowest BCUT2D eigenvalue weighted by Gasteiger charge is -2.35. The zero-order valence-electron chi connectivity index (χ0n) is 10.5. The molecule has 2 N–H and O–H groups in total. The van der Waals surface area contributed by atoms with Gasteiger partial charge in [-0.2, -0.15) is 0 Å². The summed E-state index contributed by atoms with van der Waals surface area (Å²) in [6.45, 7) is 1.81. The highest BCUT2D eigenvalue weighted by atomic mass is 16.3. The molecule has 1 aliphatic carbocycles. The summed E-state index contributed by atoms with van der Waals surface area (Å²) in [5, 5.41) is 0. The molecule has 0 bridgehead atoms. The number of likely N-dealkylation sites (N-methyl/N-ethyl adjacent to an activating group) is 1. The highest BCUT2D eigenvalue weighted by Crippen LogP contribution is 2.23. The van der Waals surface area contributed by atoms with Crippen LogP contribution in [0.4, 0.5) is 0 Å². The maximum Gasteiger partial charge on any atom is 0.257 e. The minimum atomic E-state index is 0.0126. The van der Waals surface area contributed by atoms with E-state index in [9.17, 15) is 4.79 Å². The lowest BCUT2D eigenvalue weighted by Crippen LogP contribution is -2.50. The summed E-state index contributed by atoms with van der Waals surface area (Å²) in [4.78, 5) is 14.1. The number of rotatable bonds is 2. The van der Waals surface area contributed by atoms with E-state index in [4.69, 9.17) is 10.2 Å². The van der Waals surface area contributed by atoms with Crippen molar-refractivity contribution < 1.29 is 9.21 Å². The Morgan fingerprint density at radius 3 is 2.76 bits per heavy atom. The molecule has 2 rings (SSSR count). The Balaban J connectivity index is 2.11.